The summed E-state index contributed by atoms with van der Waals surface area (Å²) in [7, 11) is 1.85. The largest absolute Gasteiger partial charge is 0.477 e. The second-order valence-corrected chi connectivity index (χ2v) is 8.67. The van der Waals surface area contributed by atoms with Gasteiger partial charge in [-0.1, -0.05) is 0 Å². The quantitative estimate of drug-likeness (QED) is 0.349. The fourth-order valence-corrected chi connectivity index (χ4v) is 5.60. The minimum atomic E-state index is -1.09. The van der Waals surface area contributed by atoms with Gasteiger partial charge in [-0.25, -0.2) is 4.79 Å². The molecule has 0 aromatic heterocycles. The summed E-state index contributed by atoms with van der Waals surface area (Å²) in [5.74, 6) is -1.91. The van der Waals surface area contributed by atoms with Crippen LogP contribution in [-0.4, -0.2) is 81.8 Å². The lowest BCUT2D eigenvalue weighted by molar-refractivity contribution is -0.161. The molecule has 26 heavy (non-hydrogen) atoms. The summed E-state index contributed by atoms with van der Waals surface area (Å²) in [5.41, 5.74) is 0.0704. The Labute approximate surface area is 157 Å². The number of rotatable bonds is 8. The molecular formula is C17H27N3O5S. The van der Waals surface area contributed by atoms with Crippen molar-refractivity contribution < 1.29 is 24.9 Å². The summed E-state index contributed by atoms with van der Waals surface area (Å²) in [4.78, 5) is 26.0. The van der Waals surface area contributed by atoms with Gasteiger partial charge in [0.2, 0.25) is 5.91 Å². The molecule has 3 aliphatic heterocycles. The number of aliphatic carboxylic acids is 1. The molecule has 3 aliphatic rings. The lowest BCUT2D eigenvalue weighted by Gasteiger charge is -2.44. The van der Waals surface area contributed by atoms with Gasteiger partial charge in [0.15, 0.2) is 0 Å². The molecule has 0 bridgehead atoms. The number of amides is 1. The van der Waals surface area contributed by atoms with Crippen LogP contribution in [0.3, 0.4) is 0 Å². The smallest absolute Gasteiger partial charge is 0.353 e. The normalized spacial score (nSPS) is 33.2. The number of fused-ring (bicyclic) bond motifs is 1. The molecule has 3 heterocycles. The van der Waals surface area contributed by atoms with Crippen LogP contribution in [0.15, 0.2) is 10.6 Å². The molecule has 5 N–H and O–H groups in total. The van der Waals surface area contributed by atoms with E-state index in [9.17, 15) is 24.9 Å². The van der Waals surface area contributed by atoms with Gasteiger partial charge in [0.1, 0.15) is 5.70 Å². The van der Waals surface area contributed by atoms with Crippen LogP contribution in [0, 0.1) is 5.92 Å². The van der Waals surface area contributed by atoms with E-state index < -0.39 is 24.1 Å². The molecule has 9 heteroatoms. The number of hydrogen-bond donors (Lipinski definition) is 5. The lowest BCUT2D eigenvalue weighted by atomic mass is 9.83. The molecule has 146 valence electrons. The van der Waals surface area contributed by atoms with E-state index in [2.05, 4.69) is 10.6 Å². The Bertz CT molecular complexity index is 611. The van der Waals surface area contributed by atoms with Crippen molar-refractivity contribution in [1.82, 2.24) is 15.5 Å². The molecule has 0 aromatic carbocycles. The predicted octanol–water partition coefficient (Wildman–Crippen LogP) is -0.672. The van der Waals surface area contributed by atoms with Crippen molar-refractivity contribution in [1.29, 1.82) is 0 Å². The minimum Gasteiger partial charge on any atom is -0.477 e. The highest BCUT2D eigenvalue weighted by molar-refractivity contribution is 8.03. The van der Waals surface area contributed by atoms with Gasteiger partial charge in [-0.2, -0.15) is 0 Å². The number of β-lactam (4-membered cyclic amide) rings is 1. The first-order valence-electron chi connectivity index (χ1n) is 9.05. The Morgan fingerprint density at radius 1 is 1.46 bits per heavy atom. The van der Waals surface area contributed by atoms with Gasteiger partial charge in [0.05, 0.1) is 24.2 Å². The van der Waals surface area contributed by atoms with E-state index >= 15 is 0 Å². The molecule has 1 amide bonds. The maximum atomic E-state index is 12.2. The molecule has 0 aromatic rings. The SMILES string of the molecule is CNCC[C@H](O)[C@@H]1C[C@H](SC2=C(C(=O)O)N3C(=O)[C@H]([C@@H](C)O)[C@H]3C2)CN1. The zero-order chi connectivity index (χ0) is 19.0. The number of carbonyl (C=O) groups excluding carboxylic acids is 1. The number of hydrogen-bond acceptors (Lipinski definition) is 7. The summed E-state index contributed by atoms with van der Waals surface area (Å²) in [6.45, 7) is 3.01. The Morgan fingerprint density at radius 3 is 2.81 bits per heavy atom. The highest BCUT2D eigenvalue weighted by atomic mass is 32.2. The summed E-state index contributed by atoms with van der Waals surface area (Å²) in [5, 5.41) is 36.1. The van der Waals surface area contributed by atoms with Gasteiger partial charge >= 0.3 is 5.97 Å². The average Bonchev–Trinajstić information content (AvgIpc) is 3.15. The van der Waals surface area contributed by atoms with Crippen molar-refractivity contribution >= 4 is 23.6 Å². The van der Waals surface area contributed by atoms with Crippen molar-refractivity contribution in [2.24, 2.45) is 5.92 Å². The van der Waals surface area contributed by atoms with E-state index in [1.807, 2.05) is 7.05 Å². The van der Waals surface area contributed by atoms with Crippen molar-refractivity contribution in [3.8, 4) is 0 Å². The summed E-state index contributed by atoms with van der Waals surface area (Å²) < 4.78 is 0. The molecule has 2 fully saturated rings. The molecule has 8 nitrogen and oxygen atoms in total. The molecule has 3 rings (SSSR count). The second-order valence-electron chi connectivity index (χ2n) is 7.27. The van der Waals surface area contributed by atoms with Crippen molar-refractivity contribution in [3.63, 3.8) is 0 Å². The molecular weight excluding hydrogens is 358 g/mol. The summed E-state index contributed by atoms with van der Waals surface area (Å²) >= 11 is 1.49. The van der Waals surface area contributed by atoms with Crippen molar-refractivity contribution in [2.45, 2.75) is 55.7 Å². The standard InChI is InChI=1S/C17H27N3O5S/c1-8(21)14-11-6-13(15(17(24)25)20(11)16(14)23)26-9-5-10(19-7-9)12(22)3-4-18-2/h8-12,14,18-19,21-22H,3-7H2,1-2H3,(H,24,25)/t8-,9+,10+,11-,12+,14-/m1/s1. The van der Waals surface area contributed by atoms with E-state index in [1.54, 1.807) is 6.92 Å². The van der Waals surface area contributed by atoms with E-state index in [4.69, 9.17) is 0 Å². The van der Waals surface area contributed by atoms with Crippen molar-refractivity contribution in [2.75, 3.05) is 20.1 Å². The molecule has 2 saturated heterocycles. The number of nitrogens with one attached hydrogen (secondary N) is 2. The van der Waals surface area contributed by atoms with Gasteiger partial charge in [-0.3, -0.25) is 4.79 Å². The highest BCUT2D eigenvalue weighted by Gasteiger charge is 2.57. The van der Waals surface area contributed by atoms with Crippen LogP contribution >= 0.6 is 11.8 Å². The number of aliphatic hydroxyl groups excluding tert-OH is 2. The van der Waals surface area contributed by atoms with Gasteiger partial charge in [0, 0.05) is 29.2 Å². The number of carbonyl (C=O) groups is 2. The molecule has 0 aliphatic carbocycles. The van der Waals surface area contributed by atoms with Crippen molar-refractivity contribution in [3.05, 3.63) is 10.6 Å². The fraction of sp³-hybridized carbons (Fsp3) is 0.765. The Kier molecular flexibility index (Phi) is 5.93. The third kappa shape index (κ3) is 3.50. The molecule has 0 radical (unpaired) electrons. The van der Waals surface area contributed by atoms with Crippen LogP contribution in [0.5, 0.6) is 0 Å². The average molecular weight is 385 g/mol. The Morgan fingerprint density at radius 2 is 2.19 bits per heavy atom. The zero-order valence-electron chi connectivity index (χ0n) is 15.0. The van der Waals surface area contributed by atoms with Gasteiger partial charge in [0.25, 0.3) is 0 Å². The highest BCUT2D eigenvalue weighted by Crippen LogP contribution is 2.48. The minimum absolute atomic E-state index is 0.00000336. The van der Waals surface area contributed by atoms with Crippen LogP contribution in [0.4, 0.5) is 0 Å². The topological polar surface area (TPSA) is 122 Å². The summed E-state index contributed by atoms with van der Waals surface area (Å²) in [6.07, 6.45) is 0.685. The van der Waals surface area contributed by atoms with E-state index in [0.29, 0.717) is 24.3 Å². The third-order valence-electron chi connectivity index (χ3n) is 5.48. The van der Waals surface area contributed by atoms with E-state index in [1.165, 1.54) is 16.7 Å². The first-order chi connectivity index (χ1) is 12.3. The maximum absolute atomic E-state index is 12.2. The fourth-order valence-electron chi connectivity index (χ4n) is 4.15. The lowest BCUT2D eigenvalue weighted by Crippen LogP contribution is -2.61. The first-order valence-corrected chi connectivity index (χ1v) is 9.93. The molecule has 0 saturated carbocycles. The third-order valence-corrected chi connectivity index (χ3v) is 6.82. The number of nitrogens with zero attached hydrogens (tertiary/aromatic N) is 1. The monoisotopic (exact) mass is 385 g/mol. The number of carboxylic acids is 1. The van der Waals surface area contributed by atoms with Crippen LogP contribution < -0.4 is 10.6 Å². The van der Waals surface area contributed by atoms with Crippen LogP contribution in [0.2, 0.25) is 0 Å². The van der Waals surface area contributed by atoms with Crippen LogP contribution in [-0.2, 0) is 9.59 Å². The first kappa shape index (κ1) is 19.6. The summed E-state index contributed by atoms with van der Waals surface area (Å²) in [6, 6.07) is -0.248. The number of thioether (sulfide) groups is 1. The predicted molar refractivity (Wildman–Crippen MR) is 97.4 cm³/mol. The zero-order valence-corrected chi connectivity index (χ0v) is 15.8. The van der Waals surface area contributed by atoms with E-state index in [-0.39, 0.29) is 28.9 Å². The molecule has 0 unspecified atom stereocenters. The Hall–Kier alpha value is -1.13. The van der Waals surface area contributed by atoms with Gasteiger partial charge in [-0.15, -0.1) is 11.8 Å². The molecule has 0 spiro atoms. The van der Waals surface area contributed by atoms with Gasteiger partial charge in [-0.05, 0) is 33.4 Å². The number of aliphatic hydroxyl groups is 2. The molecule has 6 atom stereocenters. The van der Waals surface area contributed by atoms with Gasteiger partial charge < -0.3 is 30.9 Å². The van der Waals surface area contributed by atoms with Crippen LogP contribution in [0.1, 0.15) is 26.2 Å². The maximum Gasteiger partial charge on any atom is 0.353 e. The van der Waals surface area contributed by atoms with Crippen LogP contribution in [0.25, 0.3) is 0 Å². The second kappa shape index (κ2) is 7.85. The Balaban J connectivity index is 1.65. The number of carboxylic acid groups (broad SMARTS) is 1. The van der Waals surface area contributed by atoms with E-state index in [0.717, 1.165) is 13.0 Å².